The Morgan fingerprint density at radius 3 is 2.35 bits per heavy atom. The summed E-state index contributed by atoms with van der Waals surface area (Å²) < 4.78 is 78.4. The first-order chi connectivity index (χ1) is 17.3. The molecule has 3 rings (SSSR count). The number of nitrogens with zero attached hydrogens (tertiary/aromatic N) is 2. The number of benzene rings is 2. The number of oxazole rings is 1. The lowest BCUT2D eigenvalue weighted by Gasteiger charge is -2.24. The number of halogens is 6. The molecule has 0 saturated carbocycles. The first-order valence-electron chi connectivity index (χ1n) is 10.3. The molecule has 198 valence electrons. The third kappa shape index (κ3) is 6.35. The van der Waals surface area contributed by atoms with Crippen LogP contribution in [0, 0.1) is 11.6 Å². The number of amides is 2. The Kier molecular flexibility index (Phi) is 8.38. The summed E-state index contributed by atoms with van der Waals surface area (Å²) in [6.07, 6.45) is -7.44. The highest BCUT2D eigenvalue weighted by atomic mass is 79.9. The molecule has 1 unspecified atom stereocenters. The van der Waals surface area contributed by atoms with Gasteiger partial charge in [0.2, 0.25) is 5.89 Å². The summed E-state index contributed by atoms with van der Waals surface area (Å²) in [5.74, 6) is -5.06. The van der Waals surface area contributed by atoms with Gasteiger partial charge in [-0.05, 0) is 40.2 Å². The van der Waals surface area contributed by atoms with Gasteiger partial charge < -0.3 is 30.6 Å². The Morgan fingerprint density at radius 1 is 1.16 bits per heavy atom. The van der Waals surface area contributed by atoms with E-state index in [4.69, 9.17) is 20.6 Å². The molecule has 9 nitrogen and oxygen atoms in total. The van der Waals surface area contributed by atoms with Crippen molar-refractivity contribution in [3.63, 3.8) is 0 Å². The van der Waals surface area contributed by atoms with Gasteiger partial charge in [0.15, 0.2) is 22.3 Å². The van der Waals surface area contributed by atoms with Crippen LogP contribution in [-0.2, 0) is 6.18 Å². The van der Waals surface area contributed by atoms with E-state index in [1.165, 1.54) is 0 Å². The van der Waals surface area contributed by atoms with Crippen molar-refractivity contribution in [3.8, 4) is 17.0 Å². The average molecular weight is 593 g/mol. The van der Waals surface area contributed by atoms with Gasteiger partial charge in [0.25, 0.3) is 5.91 Å². The van der Waals surface area contributed by atoms with Gasteiger partial charge in [0.05, 0.1) is 12.1 Å². The van der Waals surface area contributed by atoms with Gasteiger partial charge in [0.1, 0.15) is 17.1 Å². The maximum absolute atomic E-state index is 14.8. The van der Waals surface area contributed by atoms with Crippen LogP contribution in [-0.4, -0.2) is 46.6 Å². The van der Waals surface area contributed by atoms with Crippen LogP contribution in [0.2, 0.25) is 0 Å². The SMILES string of the molecule is NCCN(CC(Oc1ccc(F)c(C(N)=O)c1F)c1nc(-c2ccc(C(F)(F)F)cc2)c(Br)o1)C(=O)O. The summed E-state index contributed by atoms with van der Waals surface area (Å²) >= 11 is 3.10. The zero-order valence-electron chi connectivity index (χ0n) is 18.6. The van der Waals surface area contributed by atoms with Gasteiger partial charge >= 0.3 is 12.3 Å². The topological polar surface area (TPSA) is 145 Å². The number of rotatable bonds is 9. The van der Waals surface area contributed by atoms with Crippen LogP contribution in [0.1, 0.15) is 27.9 Å². The summed E-state index contributed by atoms with van der Waals surface area (Å²) in [6, 6.07) is 5.52. The molecule has 3 aromatic rings. The smallest absolute Gasteiger partial charge is 0.416 e. The second kappa shape index (κ2) is 11.1. The zero-order chi connectivity index (χ0) is 27.5. The number of ether oxygens (including phenoxy) is 1. The number of hydrogen-bond donors (Lipinski definition) is 3. The van der Waals surface area contributed by atoms with Crippen molar-refractivity contribution in [2.75, 3.05) is 19.6 Å². The summed E-state index contributed by atoms with van der Waals surface area (Å²) in [6.45, 7) is -0.752. The zero-order valence-corrected chi connectivity index (χ0v) is 20.1. The van der Waals surface area contributed by atoms with E-state index in [1.54, 1.807) is 0 Å². The summed E-state index contributed by atoms with van der Waals surface area (Å²) in [5, 5.41) is 9.48. The third-order valence-electron chi connectivity index (χ3n) is 4.99. The normalized spacial score (nSPS) is 12.3. The van der Waals surface area contributed by atoms with Crippen molar-refractivity contribution in [1.29, 1.82) is 0 Å². The van der Waals surface area contributed by atoms with Crippen molar-refractivity contribution in [2.24, 2.45) is 11.5 Å². The number of aromatic nitrogens is 1. The Hall–Kier alpha value is -3.72. The van der Waals surface area contributed by atoms with Crippen LogP contribution >= 0.6 is 15.9 Å². The first-order valence-corrected chi connectivity index (χ1v) is 11.1. The van der Waals surface area contributed by atoms with Crippen LogP contribution < -0.4 is 16.2 Å². The molecule has 37 heavy (non-hydrogen) atoms. The van der Waals surface area contributed by atoms with Crippen molar-refractivity contribution >= 4 is 27.9 Å². The van der Waals surface area contributed by atoms with E-state index in [2.05, 4.69) is 20.9 Å². The number of carboxylic acid groups (broad SMARTS) is 1. The average Bonchev–Trinajstić information content (AvgIpc) is 3.20. The minimum absolute atomic E-state index is 0.0374. The number of carbonyl (C=O) groups excluding carboxylic acids is 1. The number of carbonyl (C=O) groups is 2. The van der Waals surface area contributed by atoms with Gasteiger partial charge in [0, 0.05) is 18.7 Å². The van der Waals surface area contributed by atoms with E-state index in [0.29, 0.717) is 0 Å². The third-order valence-corrected chi connectivity index (χ3v) is 5.53. The molecule has 1 aromatic heterocycles. The minimum Gasteiger partial charge on any atom is -0.476 e. The fourth-order valence-corrected chi connectivity index (χ4v) is 3.72. The largest absolute Gasteiger partial charge is 0.476 e. The van der Waals surface area contributed by atoms with Crippen LogP contribution in [0.4, 0.5) is 26.7 Å². The highest BCUT2D eigenvalue weighted by molar-refractivity contribution is 9.10. The fourth-order valence-electron chi connectivity index (χ4n) is 3.24. The Labute approximate surface area is 213 Å². The summed E-state index contributed by atoms with van der Waals surface area (Å²) in [7, 11) is 0. The molecule has 0 aliphatic heterocycles. The molecule has 0 spiro atoms. The second-order valence-electron chi connectivity index (χ2n) is 7.47. The monoisotopic (exact) mass is 592 g/mol. The van der Waals surface area contributed by atoms with Gasteiger partial charge in [-0.2, -0.15) is 13.2 Å². The van der Waals surface area contributed by atoms with E-state index >= 15 is 0 Å². The van der Waals surface area contributed by atoms with Gasteiger partial charge in [-0.3, -0.25) is 4.79 Å². The molecule has 1 atom stereocenters. The molecule has 0 radical (unpaired) electrons. The van der Waals surface area contributed by atoms with E-state index < -0.39 is 59.3 Å². The van der Waals surface area contributed by atoms with Crippen LogP contribution in [0.3, 0.4) is 0 Å². The number of primary amides is 1. The number of nitrogens with two attached hydrogens (primary N) is 2. The van der Waals surface area contributed by atoms with Gasteiger partial charge in [-0.25, -0.2) is 18.6 Å². The second-order valence-corrected chi connectivity index (χ2v) is 8.19. The van der Waals surface area contributed by atoms with E-state index in [9.17, 15) is 36.6 Å². The molecule has 1 heterocycles. The Morgan fingerprint density at radius 2 is 1.81 bits per heavy atom. The summed E-state index contributed by atoms with van der Waals surface area (Å²) in [5.41, 5.74) is 8.75. The maximum atomic E-state index is 14.8. The predicted molar refractivity (Wildman–Crippen MR) is 122 cm³/mol. The standard InChI is InChI=1S/C22H18BrF5N4O5/c23-18-17(10-1-3-11(4-2-10)22(26,27)28)31-20(37-18)14(9-32(8-7-29)21(34)35)36-13-6-5-12(24)15(16(13)25)19(30)33/h1-6,14H,7-9,29H2,(H2,30,33)(H,34,35). The first kappa shape index (κ1) is 27.9. The maximum Gasteiger partial charge on any atom is 0.416 e. The fraction of sp³-hybridized carbons (Fsp3) is 0.227. The van der Waals surface area contributed by atoms with Crippen LogP contribution in [0.15, 0.2) is 45.5 Å². The number of hydrogen-bond acceptors (Lipinski definition) is 6. The van der Waals surface area contributed by atoms with E-state index in [1.807, 2.05) is 0 Å². The molecule has 2 aromatic carbocycles. The van der Waals surface area contributed by atoms with Crippen molar-refractivity contribution in [2.45, 2.75) is 12.3 Å². The van der Waals surface area contributed by atoms with Crippen LogP contribution in [0.5, 0.6) is 5.75 Å². The molecule has 5 N–H and O–H groups in total. The molecule has 0 fully saturated rings. The minimum atomic E-state index is -4.56. The molecule has 0 saturated heterocycles. The molecule has 0 aliphatic carbocycles. The van der Waals surface area contributed by atoms with E-state index in [0.717, 1.165) is 41.3 Å². The van der Waals surface area contributed by atoms with Gasteiger partial charge in [-0.15, -0.1) is 0 Å². The highest BCUT2D eigenvalue weighted by Gasteiger charge is 2.32. The molecular weight excluding hydrogens is 575 g/mol. The lowest BCUT2D eigenvalue weighted by atomic mass is 10.1. The van der Waals surface area contributed by atoms with Crippen molar-refractivity contribution in [3.05, 3.63) is 69.7 Å². The predicted octanol–water partition coefficient (Wildman–Crippen LogP) is 4.56. The van der Waals surface area contributed by atoms with Crippen LogP contribution in [0.25, 0.3) is 11.3 Å². The summed E-state index contributed by atoms with van der Waals surface area (Å²) in [4.78, 5) is 28.1. The van der Waals surface area contributed by atoms with Gasteiger partial charge in [-0.1, -0.05) is 12.1 Å². The highest BCUT2D eigenvalue weighted by Crippen LogP contribution is 2.36. The molecule has 2 amide bonds. The van der Waals surface area contributed by atoms with E-state index in [-0.39, 0.29) is 34.9 Å². The van der Waals surface area contributed by atoms with Crippen molar-refractivity contribution < 1.29 is 45.8 Å². The lowest BCUT2D eigenvalue weighted by molar-refractivity contribution is -0.137. The molecule has 0 bridgehead atoms. The number of alkyl halides is 3. The Balaban J connectivity index is 2.04. The van der Waals surface area contributed by atoms with Crippen molar-refractivity contribution in [1.82, 2.24) is 9.88 Å². The quantitative estimate of drug-likeness (QED) is 0.309. The Bertz CT molecular complexity index is 1300. The molecular formula is C22H18BrF5N4O5. The lowest BCUT2D eigenvalue weighted by Crippen LogP contribution is -2.38. The molecule has 15 heteroatoms. The molecule has 0 aliphatic rings.